The molecule has 3 nitrogen and oxygen atoms in total. The van der Waals surface area contributed by atoms with Gasteiger partial charge in [0.25, 0.3) is 0 Å². The first kappa shape index (κ1) is 12.3. The second-order valence-corrected chi connectivity index (χ2v) is 4.21. The SMILES string of the molecule is C=CN(C)C1=C(C)/C(=N/C)c2ccccc2C1=O. The Kier molecular flexibility index (Phi) is 3.15. The van der Waals surface area contributed by atoms with Gasteiger partial charge in [-0.2, -0.15) is 0 Å². The highest BCUT2D eigenvalue weighted by molar-refractivity contribution is 6.28. The van der Waals surface area contributed by atoms with Gasteiger partial charge in [-0.25, -0.2) is 0 Å². The quantitative estimate of drug-likeness (QED) is 0.796. The molecule has 1 aromatic rings. The van der Waals surface area contributed by atoms with Crippen molar-refractivity contribution >= 4 is 11.5 Å². The van der Waals surface area contributed by atoms with Crippen molar-refractivity contribution in [3.05, 3.63) is 59.4 Å². The highest BCUT2D eigenvalue weighted by Gasteiger charge is 2.29. The molecule has 0 aromatic heterocycles. The van der Waals surface area contributed by atoms with Crippen LogP contribution < -0.4 is 0 Å². The lowest BCUT2D eigenvalue weighted by atomic mass is 9.87. The maximum absolute atomic E-state index is 12.5. The Hall–Kier alpha value is -2.16. The number of Topliss-reactive ketones (excluding diaryl/α,β-unsaturated/α-hetero) is 1. The van der Waals surface area contributed by atoms with Crippen LogP contribution in [0.15, 0.2) is 53.3 Å². The molecule has 0 saturated heterocycles. The number of ketones is 1. The van der Waals surface area contributed by atoms with E-state index in [1.54, 1.807) is 18.1 Å². The Bertz CT molecular complexity index is 582. The van der Waals surface area contributed by atoms with Gasteiger partial charge in [-0.15, -0.1) is 0 Å². The van der Waals surface area contributed by atoms with Crippen LogP contribution in [0.5, 0.6) is 0 Å². The molecule has 0 N–H and O–H groups in total. The Morgan fingerprint density at radius 3 is 2.44 bits per heavy atom. The molecule has 0 unspecified atom stereocenters. The molecule has 1 aromatic carbocycles. The highest BCUT2D eigenvalue weighted by atomic mass is 16.1. The number of carbonyl (C=O) groups is 1. The molecular formula is C15H16N2O. The number of fused-ring (bicyclic) bond motifs is 1. The monoisotopic (exact) mass is 240 g/mol. The fraction of sp³-hybridized carbons (Fsp3) is 0.200. The van der Waals surface area contributed by atoms with Gasteiger partial charge in [-0.1, -0.05) is 30.8 Å². The summed E-state index contributed by atoms with van der Waals surface area (Å²) < 4.78 is 0. The summed E-state index contributed by atoms with van der Waals surface area (Å²) in [4.78, 5) is 18.6. The standard InChI is InChI=1S/C15H16N2O/c1-5-17(4)14-10(2)13(16-3)11-8-6-7-9-12(11)15(14)18/h5-9H,1H2,2-4H3/b16-13-. The van der Waals surface area contributed by atoms with Crippen molar-refractivity contribution < 1.29 is 4.79 Å². The summed E-state index contributed by atoms with van der Waals surface area (Å²) in [6.45, 7) is 5.63. The van der Waals surface area contributed by atoms with Crippen LogP contribution in [0.1, 0.15) is 22.8 Å². The zero-order valence-electron chi connectivity index (χ0n) is 10.9. The summed E-state index contributed by atoms with van der Waals surface area (Å²) in [5, 5.41) is 0. The van der Waals surface area contributed by atoms with Gasteiger partial charge in [0.15, 0.2) is 0 Å². The van der Waals surface area contributed by atoms with Crippen molar-refractivity contribution in [2.24, 2.45) is 4.99 Å². The lowest BCUT2D eigenvalue weighted by Gasteiger charge is -2.26. The van der Waals surface area contributed by atoms with E-state index in [1.807, 2.05) is 38.2 Å². The minimum Gasteiger partial charge on any atom is -0.348 e. The molecule has 0 atom stereocenters. The fourth-order valence-electron chi connectivity index (χ4n) is 2.30. The predicted molar refractivity (Wildman–Crippen MR) is 73.9 cm³/mol. The van der Waals surface area contributed by atoms with Crippen LogP contribution >= 0.6 is 0 Å². The lowest BCUT2D eigenvalue weighted by Crippen LogP contribution is -2.28. The van der Waals surface area contributed by atoms with E-state index in [0.29, 0.717) is 11.3 Å². The molecule has 0 radical (unpaired) electrons. The molecule has 1 aliphatic rings. The Balaban J connectivity index is 2.72. The van der Waals surface area contributed by atoms with E-state index in [1.165, 1.54) is 0 Å². The minimum atomic E-state index is 0.0258. The number of nitrogens with zero attached hydrogens (tertiary/aromatic N) is 2. The molecule has 0 fully saturated rings. The fourth-order valence-corrected chi connectivity index (χ4v) is 2.30. The van der Waals surface area contributed by atoms with Crippen LogP contribution in [-0.2, 0) is 0 Å². The average molecular weight is 240 g/mol. The number of aliphatic imine (C=N–C) groups is 1. The molecule has 0 amide bonds. The van der Waals surface area contributed by atoms with Crippen LogP contribution in [-0.4, -0.2) is 30.5 Å². The highest BCUT2D eigenvalue weighted by Crippen LogP contribution is 2.28. The second kappa shape index (κ2) is 4.61. The van der Waals surface area contributed by atoms with Gasteiger partial charge in [0.05, 0.1) is 11.4 Å². The van der Waals surface area contributed by atoms with Gasteiger partial charge < -0.3 is 4.90 Å². The molecule has 0 heterocycles. The van der Waals surface area contributed by atoms with E-state index in [2.05, 4.69) is 11.6 Å². The van der Waals surface area contributed by atoms with E-state index in [-0.39, 0.29) is 5.78 Å². The Labute approximate surface area is 107 Å². The number of hydrogen-bond acceptors (Lipinski definition) is 3. The Morgan fingerprint density at radius 2 is 1.89 bits per heavy atom. The summed E-state index contributed by atoms with van der Waals surface area (Å²) in [5.74, 6) is 0.0258. The first-order valence-corrected chi connectivity index (χ1v) is 5.79. The van der Waals surface area contributed by atoms with Crippen molar-refractivity contribution in [3.63, 3.8) is 0 Å². The predicted octanol–water partition coefficient (Wildman–Crippen LogP) is 2.65. The first-order valence-electron chi connectivity index (χ1n) is 5.79. The largest absolute Gasteiger partial charge is 0.348 e. The van der Waals surface area contributed by atoms with Crippen molar-refractivity contribution in [1.29, 1.82) is 0 Å². The molecule has 0 spiro atoms. The summed E-state index contributed by atoms with van der Waals surface area (Å²) >= 11 is 0. The van der Waals surface area contributed by atoms with Crippen LogP contribution in [0.2, 0.25) is 0 Å². The Morgan fingerprint density at radius 1 is 1.28 bits per heavy atom. The van der Waals surface area contributed by atoms with Crippen molar-refractivity contribution in [3.8, 4) is 0 Å². The molecule has 0 bridgehead atoms. The molecule has 18 heavy (non-hydrogen) atoms. The maximum Gasteiger partial charge on any atom is 0.210 e. The van der Waals surface area contributed by atoms with E-state index >= 15 is 0 Å². The number of hydrogen-bond donors (Lipinski definition) is 0. The number of allylic oxidation sites excluding steroid dienone is 2. The number of likely N-dealkylation sites (N-methyl/N-ethyl adjacent to an activating group) is 1. The van der Waals surface area contributed by atoms with Gasteiger partial charge in [-0.3, -0.25) is 9.79 Å². The van der Waals surface area contributed by atoms with Crippen LogP contribution in [0, 0.1) is 0 Å². The van der Waals surface area contributed by atoms with Crippen LogP contribution in [0.4, 0.5) is 0 Å². The van der Waals surface area contributed by atoms with Gasteiger partial charge in [0, 0.05) is 30.8 Å². The molecule has 0 saturated carbocycles. The summed E-state index contributed by atoms with van der Waals surface area (Å²) in [7, 11) is 3.57. The minimum absolute atomic E-state index is 0.0258. The van der Waals surface area contributed by atoms with Crippen LogP contribution in [0.25, 0.3) is 0 Å². The smallest absolute Gasteiger partial charge is 0.210 e. The zero-order valence-corrected chi connectivity index (χ0v) is 10.9. The van der Waals surface area contributed by atoms with Crippen molar-refractivity contribution in [2.75, 3.05) is 14.1 Å². The molecule has 3 heteroatoms. The van der Waals surface area contributed by atoms with E-state index in [9.17, 15) is 4.79 Å². The second-order valence-electron chi connectivity index (χ2n) is 4.21. The first-order chi connectivity index (χ1) is 8.61. The maximum atomic E-state index is 12.5. The van der Waals surface area contributed by atoms with E-state index in [4.69, 9.17) is 0 Å². The van der Waals surface area contributed by atoms with E-state index in [0.717, 1.165) is 16.8 Å². The third-order valence-electron chi connectivity index (χ3n) is 3.20. The third-order valence-corrected chi connectivity index (χ3v) is 3.20. The van der Waals surface area contributed by atoms with Crippen molar-refractivity contribution in [2.45, 2.75) is 6.92 Å². The van der Waals surface area contributed by atoms with Gasteiger partial charge in [0.2, 0.25) is 5.78 Å². The number of benzene rings is 1. The summed E-state index contributed by atoms with van der Waals surface area (Å²) in [6, 6.07) is 7.57. The molecule has 1 aliphatic carbocycles. The van der Waals surface area contributed by atoms with Crippen LogP contribution in [0.3, 0.4) is 0 Å². The third kappa shape index (κ3) is 1.68. The lowest BCUT2D eigenvalue weighted by molar-refractivity contribution is 0.101. The summed E-state index contributed by atoms with van der Waals surface area (Å²) in [5.41, 5.74) is 4.01. The van der Waals surface area contributed by atoms with Gasteiger partial charge in [-0.05, 0) is 13.1 Å². The molecule has 92 valence electrons. The average Bonchev–Trinajstić information content (AvgIpc) is 2.39. The molecule has 0 aliphatic heterocycles. The summed E-state index contributed by atoms with van der Waals surface area (Å²) in [6.07, 6.45) is 1.64. The molecule has 2 rings (SSSR count). The van der Waals surface area contributed by atoms with Crippen molar-refractivity contribution in [1.82, 2.24) is 4.90 Å². The topological polar surface area (TPSA) is 32.7 Å². The zero-order chi connectivity index (χ0) is 13.3. The molecular weight excluding hydrogens is 224 g/mol. The normalized spacial score (nSPS) is 16.8. The number of rotatable bonds is 2. The van der Waals surface area contributed by atoms with Gasteiger partial charge in [0.1, 0.15) is 0 Å². The van der Waals surface area contributed by atoms with E-state index < -0.39 is 0 Å². The van der Waals surface area contributed by atoms with Gasteiger partial charge >= 0.3 is 0 Å². The number of carbonyl (C=O) groups excluding carboxylic acids is 1.